The number of nitro groups is 1. The van der Waals surface area contributed by atoms with Gasteiger partial charge in [-0.05, 0) is 24.7 Å². The molecule has 2 spiro atoms. The van der Waals surface area contributed by atoms with Gasteiger partial charge in [-0.2, -0.15) is 0 Å². The van der Waals surface area contributed by atoms with Crippen LogP contribution in [0.25, 0.3) is 0 Å². The Morgan fingerprint density at radius 3 is 2.40 bits per heavy atom. The van der Waals surface area contributed by atoms with Gasteiger partial charge in [0.1, 0.15) is 11.2 Å². The molecule has 8 rings (SSSR count). The van der Waals surface area contributed by atoms with Gasteiger partial charge in [0, 0.05) is 27.7 Å². The predicted molar refractivity (Wildman–Crippen MR) is 72.5 cm³/mol. The molecule has 0 N–H and O–H groups in total. The number of nitrogens with zero attached hydrogens (tertiary/aromatic N) is 1. The molecule has 1 aliphatic heterocycles. The van der Waals surface area contributed by atoms with E-state index in [0.717, 1.165) is 6.42 Å². The number of ether oxygens (including phenoxy) is 1. The second kappa shape index (κ2) is 2.00. The largest absolute Gasteiger partial charge is 0.361 e. The summed E-state index contributed by atoms with van der Waals surface area (Å²) in [4.78, 5) is 12.5. The lowest BCUT2D eigenvalue weighted by atomic mass is 9.53. The van der Waals surface area contributed by atoms with E-state index in [-0.39, 0.29) is 27.1 Å². The molecular weight excluding hydrogens is 270 g/mol. The van der Waals surface area contributed by atoms with Gasteiger partial charge in [0.25, 0.3) is 0 Å². The van der Waals surface area contributed by atoms with Crippen molar-refractivity contribution >= 4 is 8.07 Å². The van der Waals surface area contributed by atoms with Gasteiger partial charge in [-0.1, -0.05) is 19.6 Å². The maximum Gasteiger partial charge on any atom is 0.235 e. The van der Waals surface area contributed by atoms with E-state index in [4.69, 9.17) is 4.74 Å². The first kappa shape index (κ1) is 10.3. The minimum atomic E-state index is -1.61. The Morgan fingerprint density at radius 2 is 1.75 bits per heavy atom. The van der Waals surface area contributed by atoms with Crippen molar-refractivity contribution in [3.63, 3.8) is 0 Å². The van der Waals surface area contributed by atoms with Crippen LogP contribution in [0.2, 0.25) is 24.7 Å². The van der Waals surface area contributed by atoms with Crippen LogP contribution in [0, 0.1) is 45.6 Å². The minimum absolute atomic E-state index is 0.0101. The molecule has 0 aromatic rings. The third kappa shape index (κ3) is 0.442. The van der Waals surface area contributed by atoms with Crippen LogP contribution in [0.3, 0.4) is 0 Å². The Balaban J connectivity index is 1.68. The van der Waals surface area contributed by atoms with Gasteiger partial charge in [-0.15, -0.1) is 0 Å². The molecule has 4 nitrogen and oxygen atoms in total. The van der Waals surface area contributed by atoms with Crippen molar-refractivity contribution in [2.75, 3.05) is 0 Å². The SMILES string of the molecule is C[Si](C)(C)[C@@]12[C@H]3[C@@H]4[C@@H]5C[C@H]3[C@@]36O[C@]53[C@H](C[C@@H]61)[C@@]42[N+](=O)[O-]. The molecule has 106 valence electrons. The molecule has 10 atom stereocenters. The minimum Gasteiger partial charge on any atom is -0.361 e. The molecule has 8 fully saturated rings. The van der Waals surface area contributed by atoms with Crippen LogP contribution in [0.1, 0.15) is 12.8 Å². The first-order valence-electron chi connectivity index (χ1n) is 8.19. The van der Waals surface area contributed by atoms with Crippen LogP contribution in [-0.4, -0.2) is 29.7 Å². The highest BCUT2D eigenvalue weighted by Gasteiger charge is 3.17. The van der Waals surface area contributed by atoms with Crippen molar-refractivity contribution in [3.8, 4) is 0 Å². The average molecular weight is 289 g/mol. The zero-order valence-corrected chi connectivity index (χ0v) is 13.1. The first-order chi connectivity index (χ1) is 9.34. The predicted octanol–water partition coefficient (Wildman–Crippen LogP) is 2.15. The molecular formula is C15H19NO3Si. The molecule has 0 amide bonds. The molecule has 7 saturated carbocycles. The Hall–Kier alpha value is -0.423. The van der Waals surface area contributed by atoms with Gasteiger partial charge in [0.2, 0.25) is 5.54 Å². The summed E-state index contributed by atoms with van der Waals surface area (Å²) in [6.45, 7) is 7.21. The Kier molecular flexibility index (Phi) is 1.03. The summed E-state index contributed by atoms with van der Waals surface area (Å²) in [5.41, 5.74) is -0.390. The molecule has 0 radical (unpaired) electrons. The monoisotopic (exact) mass is 289 g/mol. The van der Waals surface area contributed by atoms with Crippen molar-refractivity contribution in [2.24, 2.45) is 35.5 Å². The van der Waals surface area contributed by atoms with Gasteiger partial charge < -0.3 is 4.74 Å². The molecule has 0 aromatic carbocycles. The smallest absolute Gasteiger partial charge is 0.235 e. The van der Waals surface area contributed by atoms with Crippen molar-refractivity contribution < 1.29 is 9.66 Å². The van der Waals surface area contributed by atoms with Crippen molar-refractivity contribution in [2.45, 2.75) is 54.3 Å². The molecule has 0 aromatic heterocycles. The summed E-state index contributed by atoms with van der Waals surface area (Å²) in [5, 5.41) is 12.4. The van der Waals surface area contributed by atoms with Crippen molar-refractivity contribution in [1.82, 2.24) is 0 Å². The standard InChI is InChI=1S/C15H19NO3Si/c1-20(2,3)15-9-5-8-12(15,16(17)18)10-6-4-7(11(10)15)14(9)13(6,8)19-14/h6-11H,4-5H2,1-3H3/t6-,7+,8+,9-,10-,11+,12+,13-,14-,15+/m0/s1. The number of hydrogen-bond acceptors (Lipinski definition) is 3. The topological polar surface area (TPSA) is 55.7 Å². The highest BCUT2D eigenvalue weighted by Crippen LogP contribution is 3.08. The molecule has 7 aliphatic carbocycles. The summed E-state index contributed by atoms with van der Waals surface area (Å²) in [6.07, 6.45) is 2.40. The van der Waals surface area contributed by atoms with E-state index in [1.54, 1.807) is 0 Å². The molecule has 0 unspecified atom stereocenters. The summed E-state index contributed by atoms with van der Waals surface area (Å²) >= 11 is 0. The lowest BCUT2D eigenvalue weighted by Gasteiger charge is -2.63. The quantitative estimate of drug-likeness (QED) is 0.339. The maximum absolute atomic E-state index is 12.3. The lowest BCUT2D eigenvalue weighted by Crippen LogP contribution is -2.74. The summed E-state index contributed by atoms with van der Waals surface area (Å²) in [7, 11) is -1.61. The Bertz CT molecular complexity index is 675. The van der Waals surface area contributed by atoms with E-state index in [1.807, 2.05) is 0 Å². The lowest BCUT2D eigenvalue weighted by molar-refractivity contribution is -0.615. The van der Waals surface area contributed by atoms with E-state index in [9.17, 15) is 10.1 Å². The highest BCUT2D eigenvalue weighted by atomic mass is 28.3. The fourth-order valence-corrected chi connectivity index (χ4v) is 14.8. The van der Waals surface area contributed by atoms with Crippen LogP contribution in [0.4, 0.5) is 0 Å². The molecule has 1 heterocycles. The Labute approximate surface area is 118 Å². The van der Waals surface area contributed by atoms with Crippen LogP contribution < -0.4 is 0 Å². The maximum atomic E-state index is 12.3. The summed E-state index contributed by atoms with van der Waals surface area (Å²) in [6, 6.07) is 0. The number of rotatable bonds is 2. The number of hydrogen-bond donors (Lipinski definition) is 0. The second-order valence-corrected chi connectivity index (χ2v) is 15.1. The van der Waals surface area contributed by atoms with E-state index in [1.165, 1.54) is 6.42 Å². The molecule has 1 saturated heterocycles. The fraction of sp³-hybridized carbons (Fsp3) is 1.00. The van der Waals surface area contributed by atoms with Gasteiger partial charge in [0.05, 0.1) is 14.0 Å². The number of epoxide rings is 1. The fourth-order valence-electron chi connectivity index (χ4n) is 10.4. The zero-order valence-electron chi connectivity index (χ0n) is 12.1. The third-order valence-electron chi connectivity index (χ3n) is 9.60. The molecule has 20 heavy (non-hydrogen) atoms. The van der Waals surface area contributed by atoms with Gasteiger partial charge in [0.15, 0.2) is 0 Å². The van der Waals surface area contributed by atoms with Crippen LogP contribution >= 0.6 is 0 Å². The van der Waals surface area contributed by atoms with Crippen LogP contribution in [0.15, 0.2) is 0 Å². The van der Waals surface area contributed by atoms with E-state index < -0.39 is 13.6 Å². The van der Waals surface area contributed by atoms with E-state index >= 15 is 0 Å². The van der Waals surface area contributed by atoms with Crippen LogP contribution in [-0.2, 0) is 4.74 Å². The van der Waals surface area contributed by atoms with Gasteiger partial charge in [-0.25, -0.2) is 0 Å². The molecule has 8 aliphatic rings. The third-order valence-corrected chi connectivity index (χ3v) is 13.2. The highest BCUT2D eigenvalue weighted by molar-refractivity contribution is 6.80. The summed E-state index contributed by atoms with van der Waals surface area (Å²) in [5.74, 6) is 3.15. The van der Waals surface area contributed by atoms with Crippen molar-refractivity contribution in [1.29, 1.82) is 0 Å². The average Bonchev–Trinajstić information content (AvgIpc) is 2.52. The molecule has 4 bridgehead atoms. The van der Waals surface area contributed by atoms with E-state index in [2.05, 4.69) is 19.6 Å². The first-order valence-corrected chi connectivity index (χ1v) is 11.7. The van der Waals surface area contributed by atoms with Crippen molar-refractivity contribution in [3.05, 3.63) is 10.1 Å². The Morgan fingerprint density at radius 1 is 1.10 bits per heavy atom. The zero-order chi connectivity index (χ0) is 13.7. The van der Waals surface area contributed by atoms with Crippen LogP contribution in [0.5, 0.6) is 0 Å². The second-order valence-electron chi connectivity index (χ2n) is 9.73. The van der Waals surface area contributed by atoms with Gasteiger partial charge >= 0.3 is 0 Å². The van der Waals surface area contributed by atoms with E-state index in [0.29, 0.717) is 29.6 Å². The molecule has 5 heteroatoms. The van der Waals surface area contributed by atoms with Gasteiger partial charge in [-0.3, -0.25) is 10.1 Å². The summed E-state index contributed by atoms with van der Waals surface area (Å²) < 4.78 is 6.49. The normalized spacial score (nSPS) is 78.3.